The minimum absolute atomic E-state index is 0.306. The van der Waals surface area contributed by atoms with Crippen LogP contribution in [0.4, 0.5) is 5.69 Å². The standard InChI is InChI=1S/C30H32N4O5/c1-29(39-24-9-14-32-23-17-26(38-3)25(37-2)16-22(23)24)10-7-20(8-11-29)33-27(35)30(12-13-30)28(36)34-21-6-4-5-19(15-21)18-31/h4-10,14-17H,11-13,18,31H2,1-3H3,(H,33,35)(H,34,36). The molecule has 2 amide bonds. The highest BCUT2D eigenvalue weighted by Crippen LogP contribution is 2.47. The number of carbonyl (C=O) groups is 2. The van der Waals surface area contributed by atoms with Gasteiger partial charge < -0.3 is 30.6 Å². The maximum Gasteiger partial charge on any atom is 0.240 e. The van der Waals surface area contributed by atoms with Gasteiger partial charge >= 0.3 is 0 Å². The van der Waals surface area contributed by atoms with Crippen molar-refractivity contribution in [2.45, 2.75) is 38.3 Å². The number of pyridine rings is 1. The molecule has 1 saturated carbocycles. The molecule has 2 aliphatic carbocycles. The molecule has 5 rings (SSSR count). The number of hydrogen-bond acceptors (Lipinski definition) is 7. The Morgan fingerprint density at radius 3 is 2.41 bits per heavy atom. The molecular formula is C30H32N4O5. The molecule has 1 aromatic heterocycles. The van der Waals surface area contributed by atoms with Crippen LogP contribution in [0.3, 0.4) is 0 Å². The minimum Gasteiger partial charge on any atom is -0.493 e. The van der Waals surface area contributed by atoms with Gasteiger partial charge in [0.2, 0.25) is 11.8 Å². The second-order valence-corrected chi connectivity index (χ2v) is 10.0. The van der Waals surface area contributed by atoms with Gasteiger partial charge in [0.25, 0.3) is 0 Å². The van der Waals surface area contributed by atoms with Gasteiger partial charge in [0.05, 0.1) is 19.7 Å². The van der Waals surface area contributed by atoms with Gasteiger partial charge in [-0.05, 0) is 61.7 Å². The van der Waals surface area contributed by atoms with Gasteiger partial charge in [-0.1, -0.05) is 18.2 Å². The van der Waals surface area contributed by atoms with Crippen LogP contribution in [0.1, 0.15) is 31.7 Å². The maximum absolute atomic E-state index is 13.1. The fraction of sp³-hybridized carbons (Fsp3) is 0.300. The summed E-state index contributed by atoms with van der Waals surface area (Å²) in [6.45, 7) is 2.34. The summed E-state index contributed by atoms with van der Waals surface area (Å²) >= 11 is 0. The smallest absolute Gasteiger partial charge is 0.240 e. The summed E-state index contributed by atoms with van der Waals surface area (Å²) in [5, 5.41) is 6.60. The SMILES string of the molecule is COc1cc2nccc(OC3(C)C=CC(NC(=O)C4(C(=O)Nc5cccc(CN)c5)CC4)=CC3)c2cc1OC. The van der Waals surface area contributed by atoms with Crippen molar-refractivity contribution in [2.24, 2.45) is 11.1 Å². The zero-order valence-corrected chi connectivity index (χ0v) is 22.2. The Hall–Kier alpha value is -4.37. The van der Waals surface area contributed by atoms with E-state index in [9.17, 15) is 9.59 Å². The van der Waals surface area contributed by atoms with E-state index in [2.05, 4.69) is 15.6 Å². The molecule has 1 fully saturated rings. The van der Waals surface area contributed by atoms with Crippen LogP contribution in [0.2, 0.25) is 0 Å². The first kappa shape index (κ1) is 26.2. The first-order chi connectivity index (χ1) is 18.8. The van der Waals surface area contributed by atoms with E-state index in [1.54, 1.807) is 26.5 Å². The summed E-state index contributed by atoms with van der Waals surface area (Å²) in [4.78, 5) is 30.6. The van der Waals surface area contributed by atoms with Gasteiger partial charge in [0, 0.05) is 42.0 Å². The molecule has 2 aliphatic rings. The van der Waals surface area contributed by atoms with E-state index in [-0.39, 0.29) is 11.8 Å². The quantitative estimate of drug-likeness (QED) is 0.355. The number of nitrogens with zero attached hydrogens (tertiary/aromatic N) is 1. The lowest BCUT2D eigenvalue weighted by Crippen LogP contribution is -2.40. The average molecular weight is 529 g/mol. The third-order valence-corrected chi connectivity index (χ3v) is 7.19. The summed E-state index contributed by atoms with van der Waals surface area (Å²) in [6, 6.07) is 12.8. The molecule has 0 saturated heterocycles. The zero-order chi connectivity index (χ0) is 27.6. The summed E-state index contributed by atoms with van der Waals surface area (Å²) in [5.41, 5.74) is 6.87. The van der Waals surface area contributed by atoms with Gasteiger partial charge in [0.1, 0.15) is 16.8 Å². The molecule has 0 radical (unpaired) electrons. The number of carbonyl (C=O) groups excluding carboxylic acids is 2. The molecule has 9 nitrogen and oxygen atoms in total. The van der Waals surface area contributed by atoms with Crippen LogP contribution in [0.25, 0.3) is 10.9 Å². The highest BCUT2D eigenvalue weighted by atomic mass is 16.5. The number of rotatable bonds is 9. The predicted molar refractivity (Wildman–Crippen MR) is 148 cm³/mol. The molecule has 1 heterocycles. The number of anilines is 1. The van der Waals surface area contributed by atoms with Crippen molar-refractivity contribution in [1.82, 2.24) is 10.3 Å². The van der Waals surface area contributed by atoms with E-state index in [0.717, 1.165) is 16.5 Å². The number of allylic oxidation sites excluding steroid dienone is 1. The molecule has 4 N–H and O–H groups in total. The number of aromatic nitrogens is 1. The van der Waals surface area contributed by atoms with Gasteiger partial charge in [-0.3, -0.25) is 14.6 Å². The van der Waals surface area contributed by atoms with Crippen molar-refractivity contribution in [1.29, 1.82) is 0 Å². The number of hydrogen-bond donors (Lipinski definition) is 3. The largest absolute Gasteiger partial charge is 0.493 e. The number of nitrogens with one attached hydrogen (secondary N) is 2. The molecule has 202 valence electrons. The van der Waals surface area contributed by atoms with Crippen molar-refractivity contribution < 1.29 is 23.8 Å². The first-order valence-electron chi connectivity index (χ1n) is 12.8. The van der Waals surface area contributed by atoms with Crippen LogP contribution < -0.4 is 30.6 Å². The lowest BCUT2D eigenvalue weighted by molar-refractivity contribution is -0.133. The molecular weight excluding hydrogens is 496 g/mol. The average Bonchev–Trinajstić information content (AvgIpc) is 3.76. The van der Waals surface area contributed by atoms with Gasteiger partial charge in [-0.25, -0.2) is 0 Å². The van der Waals surface area contributed by atoms with E-state index in [4.69, 9.17) is 19.9 Å². The van der Waals surface area contributed by atoms with Crippen molar-refractivity contribution in [3.8, 4) is 17.2 Å². The third-order valence-electron chi connectivity index (χ3n) is 7.19. The first-order valence-corrected chi connectivity index (χ1v) is 12.8. The van der Waals surface area contributed by atoms with Gasteiger partial charge in [0.15, 0.2) is 11.5 Å². The second-order valence-electron chi connectivity index (χ2n) is 10.0. The lowest BCUT2D eigenvalue weighted by Gasteiger charge is -2.30. The Kier molecular flexibility index (Phi) is 7.01. The molecule has 2 aromatic carbocycles. The van der Waals surface area contributed by atoms with Crippen LogP contribution in [-0.2, 0) is 16.1 Å². The van der Waals surface area contributed by atoms with Crippen LogP contribution in [0.15, 0.2) is 72.6 Å². The number of amides is 2. The highest BCUT2D eigenvalue weighted by Gasteiger charge is 2.56. The Morgan fingerprint density at radius 2 is 1.74 bits per heavy atom. The Bertz CT molecular complexity index is 1490. The second kappa shape index (κ2) is 10.4. The molecule has 3 aromatic rings. The van der Waals surface area contributed by atoms with Crippen LogP contribution in [-0.4, -0.2) is 36.6 Å². The highest BCUT2D eigenvalue weighted by molar-refractivity contribution is 6.13. The fourth-order valence-corrected chi connectivity index (χ4v) is 4.63. The van der Waals surface area contributed by atoms with Crippen LogP contribution in [0, 0.1) is 5.41 Å². The van der Waals surface area contributed by atoms with E-state index < -0.39 is 11.0 Å². The minimum atomic E-state index is -1.07. The molecule has 1 unspecified atom stereocenters. The van der Waals surface area contributed by atoms with Crippen LogP contribution in [0.5, 0.6) is 17.2 Å². The lowest BCUT2D eigenvalue weighted by atomic mass is 9.95. The maximum atomic E-state index is 13.1. The Morgan fingerprint density at radius 1 is 1.00 bits per heavy atom. The Balaban J connectivity index is 1.25. The monoisotopic (exact) mass is 528 g/mol. The molecule has 0 bridgehead atoms. The van der Waals surface area contributed by atoms with E-state index >= 15 is 0 Å². The summed E-state index contributed by atoms with van der Waals surface area (Å²) in [5.74, 6) is 1.22. The predicted octanol–water partition coefficient (Wildman–Crippen LogP) is 4.23. The molecule has 39 heavy (non-hydrogen) atoms. The molecule has 1 atom stereocenters. The summed E-state index contributed by atoms with van der Waals surface area (Å²) < 4.78 is 17.3. The van der Waals surface area contributed by atoms with Gasteiger partial charge in [-0.2, -0.15) is 0 Å². The number of methoxy groups -OCH3 is 2. The Labute approximate surface area is 227 Å². The third kappa shape index (κ3) is 5.31. The van der Waals surface area contributed by atoms with E-state index in [1.165, 1.54) is 0 Å². The van der Waals surface area contributed by atoms with Gasteiger partial charge in [-0.15, -0.1) is 0 Å². The summed E-state index contributed by atoms with van der Waals surface area (Å²) in [6.07, 6.45) is 8.84. The molecule has 0 spiro atoms. The zero-order valence-electron chi connectivity index (χ0n) is 22.2. The molecule has 9 heteroatoms. The number of ether oxygens (including phenoxy) is 3. The molecule has 0 aliphatic heterocycles. The van der Waals surface area contributed by atoms with Crippen molar-refractivity contribution in [2.75, 3.05) is 19.5 Å². The van der Waals surface area contributed by atoms with Crippen molar-refractivity contribution in [3.63, 3.8) is 0 Å². The van der Waals surface area contributed by atoms with E-state index in [1.807, 2.05) is 61.5 Å². The van der Waals surface area contributed by atoms with Crippen molar-refractivity contribution >= 4 is 28.4 Å². The summed E-state index contributed by atoms with van der Waals surface area (Å²) in [7, 11) is 3.17. The van der Waals surface area contributed by atoms with Crippen molar-refractivity contribution in [3.05, 3.63) is 78.1 Å². The van der Waals surface area contributed by atoms with Crippen LogP contribution >= 0.6 is 0 Å². The number of fused-ring (bicyclic) bond motifs is 1. The normalized spacial score (nSPS) is 19.1. The number of benzene rings is 2. The van der Waals surface area contributed by atoms with E-state index in [0.29, 0.717) is 54.4 Å². The topological polar surface area (TPSA) is 125 Å². The fourth-order valence-electron chi connectivity index (χ4n) is 4.63. The number of nitrogens with two attached hydrogens (primary N) is 1.